The van der Waals surface area contributed by atoms with Gasteiger partial charge in [-0.15, -0.1) is 0 Å². The van der Waals surface area contributed by atoms with Gasteiger partial charge in [-0.2, -0.15) is 0 Å². The number of rotatable bonds is 7. The van der Waals surface area contributed by atoms with Crippen LogP contribution in [0.15, 0.2) is 36.2 Å². The first-order chi connectivity index (χ1) is 10.2. The number of ketones is 1. The molecule has 0 heterocycles. The topological polar surface area (TPSA) is 52.3 Å². The van der Waals surface area contributed by atoms with Crippen LogP contribution in [0.3, 0.4) is 0 Å². The number of hydrogen-bond donors (Lipinski definition) is 1. The number of carbonyl (C=O) groups excluding carboxylic acids is 1. The van der Waals surface area contributed by atoms with E-state index in [0.29, 0.717) is 23.7 Å². The Morgan fingerprint density at radius 1 is 1.29 bits per heavy atom. The lowest BCUT2D eigenvalue weighted by atomic mass is 9.97. The largest absolute Gasteiger partial charge is 0.487 e. The summed E-state index contributed by atoms with van der Waals surface area (Å²) in [5.74, 6) is 0.887. The molecule has 0 amide bonds. The normalized spacial score (nSPS) is 16.2. The molecule has 0 aliphatic heterocycles. The first-order valence-corrected chi connectivity index (χ1v) is 7.49. The van der Waals surface area contributed by atoms with E-state index in [1.54, 1.807) is 24.3 Å². The molecule has 0 aromatic heterocycles. The van der Waals surface area contributed by atoms with Crippen LogP contribution in [0.4, 0.5) is 4.39 Å². The molecule has 114 valence electrons. The Hall–Kier alpha value is -1.68. The summed E-state index contributed by atoms with van der Waals surface area (Å²) in [6.45, 7) is 0.0242. The highest BCUT2D eigenvalue weighted by Crippen LogP contribution is 2.29. The van der Waals surface area contributed by atoms with Crippen LogP contribution in [0.25, 0.3) is 0 Å². The Labute approximate surface area is 125 Å². The van der Waals surface area contributed by atoms with E-state index in [4.69, 9.17) is 10.5 Å². The van der Waals surface area contributed by atoms with Crippen LogP contribution < -0.4 is 10.5 Å². The monoisotopic (exact) mass is 291 g/mol. The summed E-state index contributed by atoms with van der Waals surface area (Å²) in [6.07, 6.45) is 6.73. The fourth-order valence-electron chi connectivity index (χ4n) is 2.67. The van der Waals surface area contributed by atoms with Gasteiger partial charge in [0.05, 0.1) is 0 Å². The molecule has 0 radical (unpaired) electrons. The second-order valence-corrected chi connectivity index (χ2v) is 5.48. The summed E-state index contributed by atoms with van der Waals surface area (Å²) in [6, 6.07) is 6.91. The van der Waals surface area contributed by atoms with Gasteiger partial charge in [-0.05, 0) is 36.3 Å². The van der Waals surface area contributed by atoms with Gasteiger partial charge in [-0.3, -0.25) is 4.79 Å². The standard InChI is InChI=1S/C17H22FNO2/c18-15(9-10-19)12-21-16-7-5-14(6-8-16)17(20)11-13-3-1-2-4-13/h5-9,13H,1-4,10-12,19H2/b15-9+. The average Bonchev–Trinajstić information content (AvgIpc) is 2.99. The number of halogens is 1. The second-order valence-electron chi connectivity index (χ2n) is 5.48. The Balaban J connectivity index is 1.86. The molecule has 1 saturated carbocycles. The first-order valence-electron chi connectivity index (χ1n) is 7.49. The van der Waals surface area contributed by atoms with E-state index >= 15 is 0 Å². The van der Waals surface area contributed by atoms with E-state index in [2.05, 4.69) is 0 Å². The van der Waals surface area contributed by atoms with Crippen LogP contribution in [-0.4, -0.2) is 18.9 Å². The number of ether oxygens (including phenoxy) is 1. The molecule has 1 aromatic carbocycles. The van der Waals surface area contributed by atoms with Crippen LogP contribution in [0.1, 0.15) is 42.5 Å². The maximum atomic E-state index is 13.1. The van der Waals surface area contributed by atoms with E-state index in [1.807, 2.05) is 0 Å². The van der Waals surface area contributed by atoms with Crippen LogP contribution in [-0.2, 0) is 0 Å². The van der Waals surface area contributed by atoms with Gasteiger partial charge in [-0.1, -0.05) is 25.7 Å². The van der Waals surface area contributed by atoms with Crippen LogP contribution in [0, 0.1) is 5.92 Å². The van der Waals surface area contributed by atoms with Crippen molar-refractivity contribution in [3.8, 4) is 5.75 Å². The van der Waals surface area contributed by atoms with E-state index in [0.717, 1.165) is 0 Å². The zero-order valence-corrected chi connectivity index (χ0v) is 12.2. The first kappa shape index (κ1) is 15.7. The van der Waals surface area contributed by atoms with E-state index in [9.17, 15) is 9.18 Å². The number of Topliss-reactive ketones (excluding diaryl/α,β-unsaturated/α-hetero) is 1. The fourth-order valence-corrected chi connectivity index (χ4v) is 2.67. The quantitative estimate of drug-likeness (QED) is 0.780. The number of benzene rings is 1. The molecule has 3 nitrogen and oxygen atoms in total. The molecular formula is C17H22FNO2. The fraction of sp³-hybridized carbons (Fsp3) is 0.471. The molecular weight excluding hydrogens is 269 g/mol. The molecule has 2 rings (SSSR count). The van der Waals surface area contributed by atoms with E-state index in [-0.39, 0.29) is 24.8 Å². The zero-order valence-electron chi connectivity index (χ0n) is 12.2. The Bertz CT molecular complexity index is 490. The minimum Gasteiger partial charge on any atom is -0.487 e. The predicted molar refractivity (Wildman–Crippen MR) is 81.1 cm³/mol. The third kappa shape index (κ3) is 4.97. The van der Waals surface area contributed by atoms with Gasteiger partial charge in [-0.25, -0.2) is 4.39 Å². The minimum absolute atomic E-state index is 0.132. The van der Waals surface area contributed by atoms with Crippen LogP contribution in [0.5, 0.6) is 5.75 Å². The minimum atomic E-state index is -0.390. The summed E-state index contributed by atoms with van der Waals surface area (Å²) in [7, 11) is 0. The third-order valence-corrected chi connectivity index (χ3v) is 3.84. The summed E-state index contributed by atoms with van der Waals surface area (Å²) < 4.78 is 18.4. The Morgan fingerprint density at radius 3 is 2.57 bits per heavy atom. The van der Waals surface area contributed by atoms with Crippen molar-refractivity contribution in [1.82, 2.24) is 0 Å². The van der Waals surface area contributed by atoms with Gasteiger partial charge in [0.25, 0.3) is 0 Å². The predicted octanol–water partition coefficient (Wildman–Crippen LogP) is 3.64. The average molecular weight is 291 g/mol. The van der Waals surface area contributed by atoms with Crippen molar-refractivity contribution in [2.75, 3.05) is 13.2 Å². The van der Waals surface area contributed by atoms with Crippen molar-refractivity contribution in [2.24, 2.45) is 11.7 Å². The van der Waals surface area contributed by atoms with Gasteiger partial charge in [0.15, 0.2) is 5.78 Å². The van der Waals surface area contributed by atoms with Crippen molar-refractivity contribution in [1.29, 1.82) is 0 Å². The smallest absolute Gasteiger partial charge is 0.163 e. The molecule has 0 spiro atoms. The molecule has 21 heavy (non-hydrogen) atoms. The Morgan fingerprint density at radius 2 is 1.95 bits per heavy atom. The van der Waals surface area contributed by atoms with Gasteiger partial charge in [0, 0.05) is 18.5 Å². The van der Waals surface area contributed by atoms with Crippen molar-refractivity contribution < 1.29 is 13.9 Å². The van der Waals surface area contributed by atoms with E-state index < -0.39 is 0 Å². The van der Waals surface area contributed by atoms with Gasteiger partial charge in [0.1, 0.15) is 18.2 Å². The third-order valence-electron chi connectivity index (χ3n) is 3.84. The molecule has 4 heteroatoms. The lowest BCUT2D eigenvalue weighted by Gasteiger charge is -2.09. The highest BCUT2D eigenvalue weighted by atomic mass is 19.1. The lowest BCUT2D eigenvalue weighted by Crippen LogP contribution is -2.06. The van der Waals surface area contributed by atoms with Gasteiger partial charge in [0.2, 0.25) is 0 Å². The van der Waals surface area contributed by atoms with Crippen LogP contribution in [0.2, 0.25) is 0 Å². The SMILES string of the molecule is NC/C=C(/F)COc1ccc(C(=O)CC2CCCC2)cc1. The molecule has 0 bridgehead atoms. The van der Waals surface area contributed by atoms with Crippen LogP contribution >= 0.6 is 0 Å². The molecule has 1 aliphatic carbocycles. The highest BCUT2D eigenvalue weighted by Gasteiger charge is 2.19. The Kier molecular flexibility index (Phi) is 5.93. The van der Waals surface area contributed by atoms with Crippen molar-refractivity contribution in [3.63, 3.8) is 0 Å². The molecule has 0 atom stereocenters. The molecule has 1 aromatic rings. The van der Waals surface area contributed by atoms with Gasteiger partial charge < -0.3 is 10.5 Å². The zero-order chi connectivity index (χ0) is 15.1. The van der Waals surface area contributed by atoms with Crippen molar-refractivity contribution in [2.45, 2.75) is 32.1 Å². The molecule has 0 saturated heterocycles. The summed E-state index contributed by atoms with van der Waals surface area (Å²) in [5.41, 5.74) is 5.91. The summed E-state index contributed by atoms with van der Waals surface area (Å²) in [4.78, 5) is 12.1. The van der Waals surface area contributed by atoms with Crippen molar-refractivity contribution in [3.05, 3.63) is 41.7 Å². The van der Waals surface area contributed by atoms with E-state index in [1.165, 1.54) is 31.8 Å². The number of hydrogen-bond acceptors (Lipinski definition) is 3. The molecule has 1 fully saturated rings. The molecule has 2 N–H and O–H groups in total. The molecule has 0 unspecified atom stereocenters. The highest BCUT2D eigenvalue weighted by molar-refractivity contribution is 5.96. The number of carbonyl (C=O) groups is 1. The molecule has 1 aliphatic rings. The maximum Gasteiger partial charge on any atom is 0.163 e. The summed E-state index contributed by atoms with van der Waals surface area (Å²) in [5, 5.41) is 0. The van der Waals surface area contributed by atoms with Gasteiger partial charge >= 0.3 is 0 Å². The second kappa shape index (κ2) is 7.93. The lowest BCUT2D eigenvalue weighted by molar-refractivity contribution is 0.0962. The number of nitrogens with two attached hydrogens (primary N) is 1. The maximum absolute atomic E-state index is 13.1. The summed E-state index contributed by atoms with van der Waals surface area (Å²) >= 11 is 0. The van der Waals surface area contributed by atoms with Crippen molar-refractivity contribution >= 4 is 5.78 Å².